The number of hydrogen-bond donors (Lipinski definition) is 1. The van der Waals surface area contributed by atoms with Crippen molar-refractivity contribution in [3.63, 3.8) is 0 Å². The summed E-state index contributed by atoms with van der Waals surface area (Å²) < 4.78 is 2.76. The number of hydrogen-bond acceptors (Lipinski definition) is 3. The van der Waals surface area contributed by atoms with Gasteiger partial charge < -0.3 is 5.73 Å². The number of anilines is 1. The van der Waals surface area contributed by atoms with Crippen molar-refractivity contribution in [2.75, 3.05) is 5.73 Å². The van der Waals surface area contributed by atoms with Crippen molar-refractivity contribution in [3.8, 4) is 11.4 Å². The first-order valence-electron chi connectivity index (χ1n) is 5.09. The average molecular weight is 289 g/mol. The molecule has 0 saturated heterocycles. The maximum atomic E-state index is 5.77. The van der Waals surface area contributed by atoms with E-state index in [2.05, 4.69) is 25.9 Å². The minimum absolute atomic E-state index is 0.718. The normalized spacial score (nSPS) is 10.9. The lowest BCUT2D eigenvalue weighted by Gasteiger charge is -2.01. The van der Waals surface area contributed by atoms with E-state index in [0.29, 0.717) is 0 Å². The Kier molecular flexibility index (Phi) is 2.33. The Morgan fingerprint density at radius 2 is 2.18 bits per heavy atom. The van der Waals surface area contributed by atoms with E-state index in [9.17, 15) is 0 Å². The van der Waals surface area contributed by atoms with Crippen LogP contribution in [0, 0.1) is 0 Å². The van der Waals surface area contributed by atoms with Crippen molar-refractivity contribution < 1.29 is 0 Å². The third kappa shape index (κ3) is 1.68. The lowest BCUT2D eigenvalue weighted by atomic mass is 10.3. The van der Waals surface area contributed by atoms with Crippen LogP contribution in [0.4, 0.5) is 5.69 Å². The lowest BCUT2D eigenvalue weighted by Crippen LogP contribution is -1.91. The standard InChI is InChI=1S/C12H9BrN4/c13-11-10-6-9(14)3-5-17(10)12(16-11)8-2-1-4-15-7-8/h1-7H,14H2. The van der Waals surface area contributed by atoms with Crippen LogP contribution in [-0.2, 0) is 0 Å². The largest absolute Gasteiger partial charge is 0.399 e. The minimum Gasteiger partial charge on any atom is -0.399 e. The van der Waals surface area contributed by atoms with Crippen LogP contribution in [0.25, 0.3) is 16.9 Å². The molecule has 0 radical (unpaired) electrons. The predicted molar refractivity (Wildman–Crippen MR) is 70.5 cm³/mol. The zero-order valence-electron chi connectivity index (χ0n) is 8.84. The van der Waals surface area contributed by atoms with Gasteiger partial charge in [-0.25, -0.2) is 4.98 Å². The van der Waals surface area contributed by atoms with Gasteiger partial charge in [-0.1, -0.05) is 0 Å². The molecule has 0 saturated carbocycles. The van der Waals surface area contributed by atoms with E-state index in [1.54, 1.807) is 12.4 Å². The summed E-state index contributed by atoms with van der Waals surface area (Å²) in [6, 6.07) is 7.60. The monoisotopic (exact) mass is 288 g/mol. The molecule has 0 bridgehead atoms. The van der Waals surface area contributed by atoms with Crippen molar-refractivity contribution in [2.24, 2.45) is 0 Å². The summed E-state index contributed by atoms with van der Waals surface area (Å²) >= 11 is 3.44. The molecule has 0 aliphatic rings. The number of rotatable bonds is 1. The van der Waals surface area contributed by atoms with Crippen LogP contribution in [-0.4, -0.2) is 14.4 Å². The van der Waals surface area contributed by atoms with Gasteiger partial charge >= 0.3 is 0 Å². The molecule has 0 amide bonds. The molecular weight excluding hydrogens is 280 g/mol. The number of imidazole rings is 1. The van der Waals surface area contributed by atoms with Crippen molar-refractivity contribution in [3.05, 3.63) is 47.5 Å². The highest BCUT2D eigenvalue weighted by Gasteiger charge is 2.10. The van der Waals surface area contributed by atoms with Crippen LogP contribution in [0.15, 0.2) is 47.5 Å². The smallest absolute Gasteiger partial charge is 0.147 e. The van der Waals surface area contributed by atoms with Gasteiger partial charge in [0.05, 0.1) is 5.52 Å². The lowest BCUT2D eigenvalue weighted by molar-refractivity contribution is 1.15. The van der Waals surface area contributed by atoms with Crippen molar-refractivity contribution >= 4 is 27.1 Å². The van der Waals surface area contributed by atoms with Crippen LogP contribution < -0.4 is 5.73 Å². The topological polar surface area (TPSA) is 56.2 Å². The fourth-order valence-corrected chi connectivity index (χ4v) is 2.24. The van der Waals surface area contributed by atoms with Crippen LogP contribution >= 0.6 is 15.9 Å². The van der Waals surface area contributed by atoms with E-state index in [1.807, 2.05) is 34.9 Å². The number of nitrogens with two attached hydrogens (primary N) is 1. The Morgan fingerprint density at radius 3 is 2.94 bits per heavy atom. The molecule has 84 valence electrons. The summed E-state index contributed by atoms with van der Waals surface area (Å²) in [4.78, 5) is 8.59. The van der Waals surface area contributed by atoms with Crippen molar-refractivity contribution in [2.45, 2.75) is 0 Å². The zero-order valence-corrected chi connectivity index (χ0v) is 10.4. The highest BCUT2D eigenvalue weighted by Crippen LogP contribution is 2.26. The summed E-state index contributed by atoms with van der Waals surface area (Å²) in [7, 11) is 0. The maximum absolute atomic E-state index is 5.77. The number of pyridine rings is 2. The van der Waals surface area contributed by atoms with Gasteiger partial charge in [0.25, 0.3) is 0 Å². The molecule has 0 aliphatic carbocycles. The van der Waals surface area contributed by atoms with E-state index in [4.69, 9.17) is 5.73 Å². The first-order valence-corrected chi connectivity index (χ1v) is 5.88. The van der Waals surface area contributed by atoms with Crippen molar-refractivity contribution in [1.29, 1.82) is 0 Å². The van der Waals surface area contributed by atoms with E-state index in [0.717, 1.165) is 27.2 Å². The third-order valence-electron chi connectivity index (χ3n) is 2.54. The Balaban J connectivity index is 2.32. The SMILES string of the molecule is Nc1ccn2c(-c3cccnc3)nc(Br)c2c1. The highest BCUT2D eigenvalue weighted by atomic mass is 79.9. The molecule has 0 aliphatic heterocycles. The molecule has 17 heavy (non-hydrogen) atoms. The molecule has 0 aromatic carbocycles. The van der Waals surface area contributed by atoms with E-state index in [1.165, 1.54) is 0 Å². The van der Waals surface area contributed by atoms with E-state index < -0.39 is 0 Å². The summed E-state index contributed by atoms with van der Waals surface area (Å²) in [6.45, 7) is 0. The molecule has 0 spiro atoms. The molecule has 5 heteroatoms. The quantitative estimate of drug-likeness (QED) is 0.749. The van der Waals surface area contributed by atoms with Gasteiger partial charge in [0.1, 0.15) is 10.4 Å². The predicted octanol–water partition coefficient (Wildman–Crippen LogP) is 2.74. The highest BCUT2D eigenvalue weighted by molar-refractivity contribution is 9.10. The maximum Gasteiger partial charge on any atom is 0.147 e. The molecule has 0 unspecified atom stereocenters. The summed E-state index contributed by atoms with van der Waals surface area (Å²) in [6.07, 6.45) is 5.44. The third-order valence-corrected chi connectivity index (χ3v) is 3.13. The second-order valence-electron chi connectivity index (χ2n) is 3.68. The first-order chi connectivity index (χ1) is 8.25. The first kappa shape index (κ1) is 10.3. The van der Waals surface area contributed by atoms with Gasteiger partial charge in [-0.3, -0.25) is 9.38 Å². The molecule has 3 rings (SSSR count). The Hall–Kier alpha value is -1.88. The van der Waals surface area contributed by atoms with Crippen LogP contribution in [0.5, 0.6) is 0 Å². The van der Waals surface area contributed by atoms with Gasteiger partial charge in [-0.05, 0) is 40.2 Å². The number of nitrogens with zero attached hydrogens (tertiary/aromatic N) is 3. The zero-order chi connectivity index (χ0) is 11.8. The molecular formula is C12H9BrN4. The number of nitrogen functional groups attached to an aromatic ring is 1. The molecule has 0 atom stereocenters. The number of fused-ring (bicyclic) bond motifs is 1. The molecule has 3 aromatic rings. The summed E-state index contributed by atoms with van der Waals surface area (Å²) in [5.41, 5.74) is 8.40. The van der Waals surface area contributed by atoms with Crippen LogP contribution in [0.1, 0.15) is 0 Å². The average Bonchev–Trinajstić information content (AvgIpc) is 2.68. The van der Waals surface area contributed by atoms with Gasteiger partial charge in [0.15, 0.2) is 0 Å². The minimum atomic E-state index is 0.718. The van der Waals surface area contributed by atoms with Gasteiger partial charge in [-0.2, -0.15) is 0 Å². The van der Waals surface area contributed by atoms with Gasteiger partial charge in [-0.15, -0.1) is 0 Å². The Morgan fingerprint density at radius 1 is 1.29 bits per heavy atom. The fraction of sp³-hybridized carbons (Fsp3) is 0. The molecule has 3 heterocycles. The molecule has 3 aromatic heterocycles. The second kappa shape index (κ2) is 3.85. The van der Waals surface area contributed by atoms with Crippen LogP contribution in [0.2, 0.25) is 0 Å². The van der Waals surface area contributed by atoms with Gasteiger partial charge in [0, 0.05) is 29.8 Å². The van der Waals surface area contributed by atoms with E-state index in [-0.39, 0.29) is 0 Å². The van der Waals surface area contributed by atoms with Crippen molar-refractivity contribution in [1.82, 2.24) is 14.4 Å². The molecule has 2 N–H and O–H groups in total. The second-order valence-corrected chi connectivity index (χ2v) is 4.43. The summed E-state index contributed by atoms with van der Waals surface area (Å²) in [5.74, 6) is 0.847. The number of aromatic nitrogens is 3. The Labute approximate surface area is 106 Å². The Bertz CT molecular complexity index is 676. The summed E-state index contributed by atoms with van der Waals surface area (Å²) in [5, 5.41) is 0. The molecule has 4 nitrogen and oxygen atoms in total. The van der Waals surface area contributed by atoms with Crippen LogP contribution in [0.3, 0.4) is 0 Å². The molecule has 0 fully saturated rings. The van der Waals surface area contributed by atoms with E-state index >= 15 is 0 Å². The van der Waals surface area contributed by atoms with Gasteiger partial charge in [0.2, 0.25) is 0 Å². The number of halogens is 1. The fourth-order valence-electron chi connectivity index (χ4n) is 1.76.